The van der Waals surface area contributed by atoms with Gasteiger partial charge in [0, 0.05) is 17.1 Å². The highest BCUT2D eigenvalue weighted by Gasteiger charge is 2.06. The molecule has 0 aliphatic rings. The second-order valence-electron chi connectivity index (χ2n) is 4.16. The number of nitrogens with one attached hydrogen (secondary N) is 1. The zero-order valence-electron chi connectivity index (χ0n) is 10.3. The van der Waals surface area contributed by atoms with Crippen LogP contribution in [0.1, 0.15) is 16.0 Å². The van der Waals surface area contributed by atoms with Gasteiger partial charge in [0.05, 0.1) is 6.42 Å². The molecular formula is C14H16N2OS. The molecule has 2 rings (SSSR count). The van der Waals surface area contributed by atoms with Crippen LogP contribution in [0.5, 0.6) is 0 Å². The quantitative estimate of drug-likeness (QED) is 0.830. The number of rotatable bonds is 4. The van der Waals surface area contributed by atoms with Crippen LogP contribution in [0.3, 0.4) is 0 Å². The summed E-state index contributed by atoms with van der Waals surface area (Å²) < 4.78 is 0. The first-order chi connectivity index (χ1) is 8.66. The molecule has 94 valence electrons. The van der Waals surface area contributed by atoms with Gasteiger partial charge in [0.2, 0.25) is 5.91 Å². The van der Waals surface area contributed by atoms with E-state index < -0.39 is 0 Å². The summed E-state index contributed by atoms with van der Waals surface area (Å²) in [6, 6.07) is 9.68. The topological polar surface area (TPSA) is 55.1 Å². The van der Waals surface area contributed by atoms with Crippen molar-refractivity contribution in [3.63, 3.8) is 0 Å². The summed E-state index contributed by atoms with van der Waals surface area (Å²) in [6.07, 6.45) is 0.443. The number of hydrogen-bond acceptors (Lipinski definition) is 3. The summed E-state index contributed by atoms with van der Waals surface area (Å²) in [6.45, 7) is 2.50. The van der Waals surface area contributed by atoms with Crippen molar-refractivity contribution in [3.8, 4) is 0 Å². The van der Waals surface area contributed by atoms with E-state index >= 15 is 0 Å². The Morgan fingerprint density at radius 2 is 2.17 bits per heavy atom. The van der Waals surface area contributed by atoms with Crippen LogP contribution >= 0.6 is 11.3 Å². The number of thiophene rings is 1. The van der Waals surface area contributed by atoms with Crippen molar-refractivity contribution in [1.29, 1.82) is 0 Å². The van der Waals surface area contributed by atoms with E-state index in [1.807, 2.05) is 42.6 Å². The lowest BCUT2D eigenvalue weighted by Crippen LogP contribution is -2.24. The van der Waals surface area contributed by atoms with Gasteiger partial charge < -0.3 is 11.1 Å². The lowest BCUT2D eigenvalue weighted by atomic mass is 10.1. The Labute approximate surface area is 111 Å². The van der Waals surface area contributed by atoms with Gasteiger partial charge >= 0.3 is 0 Å². The minimum absolute atomic E-state index is 0.0410. The number of nitrogen functional groups attached to an aromatic ring is 1. The lowest BCUT2D eigenvalue weighted by molar-refractivity contribution is -0.120. The fourth-order valence-corrected chi connectivity index (χ4v) is 2.43. The smallest absolute Gasteiger partial charge is 0.225 e. The Balaban J connectivity index is 1.91. The van der Waals surface area contributed by atoms with E-state index in [2.05, 4.69) is 5.32 Å². The van der Waals surface area contributed by atoms with Crippen molar-refractivity contribution in [2.45, 2.75) is 19.9 Å². The molecule has 1 amide bonds. The van der Waals surface area contributed by atoms with Crippen molar-refractivity contribution in [3.05, 3.63) is 51.7 Å². The summed E-state index contributed by atoms with van der Waals surface area (Å²) in [5.41, 5.74) is 8.69. The van der Waals surface area contributed by atoms with Gasteiger partial charge in [-0.3, -0.25) is 4.79 Å². The van der Waals surface area contributed by atoms with E-state index in [1.54, 1.807) is 11.3 Å². The number of hydrogen-bond donors (Lipinski definition) is 2. The molecule has 0 aliphatic carbocycles. The van der Waals surface area contributed by atoms with E-state index in [0.29, 0.717) is 13.0 Å². The zero-order valence-corrected chi connectivity index (χ0v) is 11.1. The molecule has 1 heterocycles. The van der Waals surface area contributed by atoms with Crippen LogP contribution in [0.25, 0.3) is 0 Å². The van der Waals surface area contributed by atoms with Crippen molar-refractivity contribution in [2.75, 3.05) is 5.73 Å². The summed E-state index contributed by atoms with van der Waals surface area (Å²) in [5.74, 6) is 0.0410. The average Bonchev–Trinajstić information content (AvgIpc) is 2.84. The summed E-state index contributed by atoms with van der Waals surface area (Å²) in [7, 11) is 0. The normalized spacial score (nSPS) is 10.3. The summed E-state index contributed by atoms with van der Waals surface area (Å²) in [4.78, 5) is 12.8. The molecule has 0 saturated heterocycles. The van der Waals surface area contributed by atoms with Gasteiger partial charge in [-0.15, -0.1) is 11.3 Å². The second-order valence-corrected chi connectivity index (χ2v) is 5.20. The van der Waals surface area contributed by atoms with Gasteiger partial charge in [0.25, 0.3) is 0 Å². The maximum absolute atomic E-state index is 11.7. The van der Waals surface area contributed by atoms with Gasteiger partial charge in [-0.25, -0.2) is 0 Å². The largest absolute Gasteiger partial charge is 0.399 e. The predicted octanol–water partition coefficient (Wildman–Crippen LogP) is 2.50. The molecule has 0 spiro atoms. The number of anilines is 1. The van der Waals surface area contributed by atoms with Crippen LogP contribution in [-0.4, -0.2) is 5.91 Å². The monoisotopic (exact) mass is 260 g/mol. The first-order valence-electron chi connectivity index (χ1n) is 5.80. The molecule has 3 N–H and O–H groups in total. The van der Waals surface area contributed by atoms with E-state index in [1.165, 1.54) is 0 Å². The molecule has 0 aliphatic heterocycles. The molecule has 18 heavy (non-hydrogen) atoms. The minimum Gasteiger partial charge on any atom is -0.399 e. The number of amides is 1. The van der Waals surface area contributed by atoms with E-state index in [4.69, 9.17) is 5.73 Å². The zero-order chi connectivity index (χ0) is 13.0. The van der Waals surface area contributed by atoms with Crippen LogP contribution in [0, 0.1) is 6.92 Å². The maximum Gasteiger partial charge on any atom is 0.225 e. The van der Waals surface area contributed by atoms with Crippen molar-refractivity contribution < 1.29 is 4.79 Å². The summed E-state index contributed by atoms with van der Waals surface area (Å²) in [5, 5.41) is 4.89. The van der Waals surface area contributed by atoms with Gasteiger partial charge in [0.1, 0.15) is 0 Å². The molecule has 3 nitrogen and oxygen atoms in total. The predicted molar refractivity (Wildman–Crippen MR) is 75.5 cm³/mol. The fraction of sp³-hybridized carbons (Fsp3) is 0.214. The molecule has 4 heteroatoms. The lowest BCUT2D eigenvalue weighted by Gasteiger charge is -2.09. The molecule has 0 unspecified atom stereocenters. The second kappa shape index (κ2) is 5.69. The third-order valence-corrected chi connectivity index (χ3v) is 3.76. The molecule has 0 atom stereocenters. The van der Waals surface area contributed by atoms with Crippen molar-refractivity contribution >= 4 is 22.9 Å². The first kappa shape index (κ1) is 12.6. The average molecular weight is 260 g/mol. The molecule has 1 aromatic carbocycles. The van der Waals surface area contributed by atoms with Gasteiger partial charge in [0.15, 0.2) is 0 Å². The Morgan fingerprint density at radius 3 is 2.89 bits per heavy atom. The van der Waals surface area contributed by atoms with Crippen LogP contribution in [0.2, 0.25) is 0 Å². The molecule has 0 saturated carbocycles. The fourth-order valence-electron chi connectivity index (χ4n) is 1.72. The SMILES string of the molecule is Cc1c(N)cccc1CNC(=O)Cc1cccs1. The van der Waals surface area contributed by atoms with E-state index in [0.717, 1.165) is 21.7 Å². The number of nitrogens with two attached hydrogens (primary N) is 1. The van der Waals surface area contributed by atoms with Crippen molar-refractivity contribution in [2.24, 2.45) is 0 Å². The Kier molecular flexibility index (Phi) is 3.99. The highest BCUT2D eigenvalue weighted by molar-refractivity contribution is 7.10. The van der Waals surface area contributed by atoms with Crippen LogP contribution < -0.4 is 11.1 Å². The third-order valence-electron chi connectivity index (χ3n) is 2.88. The van der Waals surface area contributed by atoms with Gasteiger partial charge in [-0.2, -0.15) is 0 Å². The standard InChI is InChI=1S/C14H16N2OS/c1-10-11(4-2-6-13(10)15)9-16-14(17)8-12-5-3-7-18-12/h2-7H,8-9,15H2,1H3,(H,16,17). The number of carbonyl (C=O) groups excluding carboxylic acids is 1. The highest BCUT2D eigenvalue weighted by Crippen LogP contribution is 2.15. The third kappa shape index (κ3) is 3.11. The highest BCUT2D eigenvalue weighted by atomic mass is 32.1. The maximum atomic E-state index is 11.7. The summed E-state index contributed by atoms with van der Waals surface area (Å²) >= 11 is 1.60. The Bertz CT molecular complexity index is 535. The number of carbonyl (C=O) groups is 1. The Morgan fingerprint density at radius 1 is 1.33 bits per heavy atom. The number of benzene rings is 1. The van der Waals surface area contributed by atoms with Crippen molar-refractivity contribution in [1.82, 2.24) is 5.32 Å². The van der Waals surface area contributed by atoms with Gasteiger partial charge in [-0.1, -0.05) is 18.2 Å². The molecule has 0 radical (unpaired) electrons. The molecule has 2 aromatic rings. The van der Waals surface area contributed by atoms with E-state index in [-0.39, 0.29) is 5.91 Å². The molecule has 1 aromatic heterocycles. The molecule has 0 fully saturated rings. The van der Waals surface area contributed by atoms with Gasteiger partial charge in [-0.05, 0) is 35.6 Å². The van der Waals surface area contributed by atoms with Crippen LogP contribution in [0.15, 0.2) is 35.7 Å². The first-order valence-corrected chi connectivity index (χ1v) is 6.68. The Hall–Kier alpha value is -1.81. The van der Waals surface area contributed by atoms with Crippen LogP contribution in [0.4, 0.5) is 5.69 Å². The molecule has 0 bridgehead atoms. The molecular weight excluding hydrogens is 244 g/mol. The minimum atomic E-state index is 0.0410. The van der Waals surface area contributed by atoms with Crippen LogP contribution in [-0.2, 0) is 17.8 Å². The van der Waals surface area contributed by atoms with E-state index in [9.17, 15) is 4.79 Å².